The Bertz CT molecular complexity index is 1670. The summed E-state index contributed by atoms with van der Waals surface area (Å²) < 4.78 is 24.0. The quantitative estimate of drug-likeness (QED) is 0.0939. The Kier molecular flexibility index (Phi) is 14.8. The number of pyridine rings is 1. The second-order valence-corrected chi connectivity index (χ2v) is 12.5. The number of amides is 4. The minimum atomic E-state index is -1.04. The summed E-state index contributed by atoms with van der Waals surface area (Å²) >= 11 is 0. The smallest absolute Gasteiger partial charge is 0.253 e. The summed E-state index contributed by atoms with van der Waals surface area (Å²) in [5, 5.41) is 14.3. The maximum Gasteiger partial charge on any atom is 0.253 e. The molecule has 4 amide bonds. The third-order valence-electron chi connectivity index (χ3n) is 7.91. The van der Waals surface area contributed by atoms with Gasteiger partial charge in [0.2, 0.25) is 11.8 Å². The SMILES string of the molecule is CCN(Cc1nc2c(N)nc3ccccc3c2n1CC(C)(C)O)C(=O)CCOCCOCCOCCOCCNC(=O)CCN1C(=O)C=CC1=O. The Morgan fingerprint density at radius 3 is 2.14 bits per heavy atom. The van der Waals surface area contributed by atoms with Crippen molar-refractivity contribution in [2.24, 2.45) is 0 Å². The van der Waals surface area contributed by atoms with Crippen LogP contribution in [-0.4, -0.2) is 131 Å². The van der Waals surface area contributed by atoms with Crippen LogP contribution < -0.4 is 11.1 Å². The molecule has 51 heavy (non-hydrogen) atoms. The van der Waals surface area contributed by atoms with Crippen LogP contribution in [0.4, 0.5) is 5.82 Å². The van der Waals surface area contributed by atoms with E-state index in [4.69, 9.17) is 29.7 Å². The van der Waals surface area contributed by atoms with Crippen molar-refractivity contribution in [3.8, 4) is 0 Å². The van der Waals surface area contributed by atoms with Crippen LogP contribution in [-0.2, 0) is 51.2 Å². The number of aromatic nitrogens is 3. The summed E-state index contributed by atoms with van der Waals surface area (Å²) in [7, 11) is 0. The van der Waals surface area contributed by atoms with Crippen LogP contribution in [0.15, 0.2) is 36.4 Å². The molecule has 1 aliphatic heterocycles. The Labute approximate surface area is 296 Å². The van der Waals surface area contributed by atoms with Crippen molar-refractivity contribution in [3.63, 3.8) is 0 Å². The van der Waals surface area contributed by atoms with Gasteiger partial charge in [0, 0.05) is 43.6 Å². The molecule has 278 valence electrons. The molecule has 0 spiro atoms. The number of aliphatic hydroxyl groups is 1. The number of para-hydroxylation sites is 1. The number of nitrogens with two attached hydrogens (primary N) is 1. The van der Waals surface area contributed by atoms with E-state index in [-0.39, 0.29) is 50.9 Å². The van der Waals surface area contributed by atoms with E-state index in [0.29, 0.717) is 76.5 Å². The van der Waals surface area contributed by atoms with Crippen molar-refractivity contribution in [2.45, 2.75) is 52.3 Å². The summed E-state index contributed by atoms with van der Waals surface area (Å²) in [5.74, 6) is -0.261. The maximum atomic E-state index is 13.1. The standard InChI is InChI=1S/C35H49N7O9/c1-4-40(23-27-39-32-33(42(27)24-35(2,3)47)25-7-5-6-8-26(25)38-34(32)36)29(44)12-15-48-17-19-50-21-22-51-20-18-49-16-13-37-28(43)11-14-41-30(45)9-10-31(41)46/h5-10,47H,4,11-24H2,1-3H3,(H2,36,38)(H,37,43). The molecule has 1 aliphatic rings. The second kappa shape index (κ2) is 19.2. The molecule has 1 aromatic carbocycles. The zero-order valence-electron chi connectivity index (χ0n) is 29.6. The first-order valence-electron chi connectivity index (χ1n) is 17.1. The van der Waals surface area contributed by atoms with Crippen molar-refractivity contribution >= 4 is 51.4 Å². The molecule has 0 radical (unpaired) electrons. The van der Waals surface area contributed by atoms with E-state index in [1.165, 1.54) is 12.2 Å². The van der Waals surface area contributed by atoms with E-state index in [1.807, 2.05) is 35.8 Å². The number of imide groups is 1. The lowest BCUT2D eigenvalue weighted by atomic mass is 10.1. The van der Waals surface area contributed by atoms with Crippen molar-refractivity contribution in [1.82, 2.24) is 29.7 Å². The average Bonchev–Trinajstić information content (AvgIpc) is 3.61. The summed E-state index contributed by atoms with van der Waals surface area (Å²) in [6.45, 7) is 9.38. The molecule has 0 fully saturated rings. The number of carbonyl (C=O) groups excluding carboxylic acids is 4. The Morgan fingerprint density at radius 1 is 0.902 bits per heavy atom. The van der Waals surface area contributed by atoms with Crippen LogP contribution in [0.25, 0.3) is 21.9 Å². The Morgan fingerprint density at radius 2 is 1.51 bits per heavy atom. The first-order chi connectivity index (χ1) is 24.5. The highest BCUT2D eigenvalue weighted by molar-refractivity contribution is 6.13. The first-order valence-corrected chi connectivity index (χ1v) is 17.1. The monoisotopic (exact) mass is 711 g/mol. The molecule has 16 heteroatoms. The number of fused-ring (bicyclic) bond motifs is 3. The summed E-state index contributed by atoms with van der Waals surface area (Å²) in [5.41, 5.74) is 7.31. The molecule has 4 N–H and O–H groups in total. The normalized spacial score (nSPS) is 13.2. The number of carbonyl (C=O) groups is 4. The Balaban J connectivity index is 1.06. The number of imidazole rings is 1. The van der Waals surface area contributed by atoms with Crippen molar-refractivity contribution in [2.75, 3.05) is 78.2 Å². The minimum absolute atomic E-state index is 0.0347. The van der Waals surface area contributed by atoms with Gasteiger partial charge in [-0.05, 0) is 26.8 Å². The van der Waals surface area contributed by atoms with Gasteiger partial charge in [-0.25, -0.2) is 9.97 Å². The van der Waals surface area contributed by atoms with E-state index in [0.717, 1.165) is 21.3 Å². The molecule has 0 saturated heterocycles. The highest BCUT2D eigenvalue weighted by Gasteiger charge is 2.25. The van der Waals surface area contributed by atoms with Gasteiger partial charge in [0.1, 0.15) is 11.3 Å². The number of nitrogens with one attached hydrogen (secondary N) is 1. The number of rotatable bonds is 23. The fourth-order valence-electron chi connectivity index (χ4n) is 5.43. The predicted molar refractivity (Wildman–Crippen MR) is 188 cm³/mol. The highest BCUT2D eigenvalue weighted by atomic mass is 16.6. The summed E-state index contributed by atoms with van der Waals surface area (Å²) in [6, 6.07) is 7.65. The zero-order chi connectivity index (χ0) is 36.8. The van der Waals surface area contributed by atoms with E-state index >= 15 is 0 Å². The van der Waals surface area contributed by atoms with Crippen LogP contribution in [0.2, 0.25) is 0 Å². The van der Waals surface area contributed by atoms with Gasteiger partial charge >= 0.3 is 0 Å². The number of nitrogen functional groups attached to an aromatic ring is 1. The lowest BCUT2D eigenvalue weighted by Gasteiger charge is -2.24. The topological polar surface area (TPSA) is 201 Å². The molecule has 4 rings (SSSR count). The molecular weight excluding hydrogens is 662 g/mol. The molecule has 0 aliphatic carbocycles. The molecule has 0 unspecified atom stereocenters. The molecule has 0 bridgehead atoms. The number of hydrogen-bond donors (Lipinski definition) is 3. The van der Waals surface area contributed by atoms with Crippen LogP contribution in [0.1, 0.15) is 39.4 Å². The molecule has 2 aromatic heterocycles. The second-order valence-electron chi connectivity index (χ2n) is 12.5. The predicted octanol–water partition coefficient (Wildman–Crippen LogP) is 1.17. The molecule has 16 nitrogen and oxygen atoms in total. The van der Waals surface area contributed by atoms with Gasteiger partial charge in [-0.1, -0.05) is 18.2 Å². The maximum absolute atomic E-state index is 13.1. The van der Waals surface area contributed by atoms with Crippen LogP contribution in [0, 0.1) is 0 Å². The third-order valence-corrected chi connectivity index (χ3v) is 7.91. The minimum Gasteiger partial charge on any atom is -0.389 e. The molecule has 3 aromatic rings. The highest BCUT2D eigenvalue weighted by Crippen LogP contribution is 2.30. The van der Waals surface area contributed by atoms with E-state index in [9.17, 15) is 24.3 Å². The van der Waals surface area contributed by atoms with Gasteiger partial charge in [-0.15, -0.1) is 0 Å². The Hall–Kier alpha value is -4.48. The van der Waals surface area contributed by atoms with E-state index in [1.54, 1.807) is 18.7 Å². The number of nitrogens with zero attached hydrogens (tertiary/aromatic N) is 5. The van der Waals surface area contributed by atoms with Gasteiger partial charge in [0.25, 0.3) is 11.8 Å². The molecule has 0 atom stereocenters. The van der Waals surface area contributed by atoms with Crippen molar-refractivity contribution in [1.29, 1.82) is 0 Å². The van der Waals surface area contributed by atoms with Crippen LogP contribution in [0.3, 0.4) is 0 Å². The number of benzene rings is 1. The van der Waals surface area contributed by atoms with E-state index < -0.39 is 17.4 Å². The fourth-order valence-corrected chi connectivity index (χ4v) is 5.43. The first kappa shape index (κ1) is 39.3. The van der Waals surface area contributed by atoms with Gasteiger partial charge in [0.15, 0.2) is 5.82 Å². The lowest BCUT2D eigenvalue weighted by molar-refractivity contribution is -0.137. The van der Waals surface area contributed by atoms with Gasteiger partial charge in [-0.3, -0.25) is 24.1 Å². The summed E-state index contributed by atoms with van der Waals surface area (Å²) in [4.78, 5) is 60.0. The number of ether oxygens (including phenoxy) is 4. The van der Waals surface area contributed by atoms with Gasteiger partial charge in [0.05, 0.1) is 89.0 Å². The van der Waals surface area contributed by atoms with Crippen molar-refractivity contribution in [3.05, 3.63) is 42.2 Å². The fraction of sp³-hybridized carbons (Fsp3) is 0.543. The zero-order valence-corrected chi connectivity index (χ0v) is 29.6. The third kappa shape index (κ3) is 11.8. The average molecular weight is 712 g/mol. The van der Waals surface area contributed by atoms with Gasteiger partial charge in [-0.2, -0.15) is 0 Å². The molecule has 0 saturated carbocycles. The number of hydrogen-bond acceptors (Lipinski definition) is 12. The number of anilines is 1. The van der Waals surface area contributed by atoms with E-state index in [2.05, 4.69) is 10.3 Å². The molecule has 3 heterocycles. The lowest BCUT2D eigenvalue weighted by Crippen LogP contribution is -2.35. The molecular formula is C35H49N7O9. The van der Waals surface area contributed by atoms with Crippen LogP contribution in [0.5, 0.6) is 0 Å². The van der Waals surface area contributed by atoms with Crippen LogP contribution >= 0.6 is 0 Å². The van der Waals surface area contributed by atoms with Gasteiger partial charge < -0.3 is 44.6 Å². The van der Waals surface area contributed by atoms with Crippen molar-refractivity contribution < 1.29 is 43.2 Å². The summed E-state index contributed by atoms with van der Waals surface area (Å²) in [6.07, 6.45) is 2.60. The largest absolute Gasteiger partial charge is 0.389 e.